The number of nitrogens with two attached hydrogens (primary N) is 1. The van der Waals surface area contributed by atoms with Gasteiger partial charge in [-0.15, -0.1) is 0 Å². The van der Waals surface area contributed by atoms with E-state index < -0.39 is 0 Å². The summed E-state index contributed by atoms with van der Waals surface area (Å²) in [6.07, 6.45) is 3.19. The molecular weight excluding hydrogens is 416 g/mol. The number of amidine groups is 1. The van der Waals surface area contributed by atoms with E-state index in [0.717, 1.165) is 28.2 Å². The average molecular weight is 443 g/mol. The lowest BCUT2D eigenvalue weighted by Crippen LogP contribution is -2.46. The molecule has 9 nitrogen and oxygen atoms in total. The second-order valence-electron chi connectivity index (χ2n) is 8.32. The van der Waals surface area contributed by atoms with E-state index in [4.69, 9.17) is 10.7 Å². The molecule has 0 saturated heterocycles. The molecule has 4 rings (SSSR count). The summed E-state index contributed by atoms with van der Waals surface area (Å²) in [4.78, 5) is 27.2. The summed E-state index contributed by atoms with van der Waals surface area (Å²) in [5.74, 6) is 1.37. The van der Waals surface area contributed by atoms with E-state index in [0.29, 0.717) is 12.4 Å². The van der Waals surface area contributed by atoms with Gasteiger partial charge in [-0.3, -0.25) is 4.79 Å². The van der Waals surface area contributed by atoms with Gasteiger partial charge < -0.3 is 20.5 Å². The molecule has 1 aromatic carbocycles. The molecule has 3 aromatic rings. The van der Waals surface area contributed by atoms with Gasteiger partial charge in [0.05, 0.1) is 11.7 Å². The maximum atomic E-state index is 11.9. The fraction of sp³-hybridized carbons (Fsp3) is 0.292. The molecule has 3 heterocycles. The van der Waals surface area contributed by atoms with E-state index in [9.17, 15) is 10.1 Å². The number of rotatable bonds is 5. The molecule has 1 unspecified atom stereocenters. The molecule has 0 saturated carbocycles. The molecule has 2 aromatic heterocycles. The summed E-state index contributed by atoms with van der Waals surface area (Å²) in [6, 6.07) is 11.5. The normalized spacial score (nSPS) is 13.8. The summed E-state index contributed by atoms with van der Waals surface area (Å²) in [5, 5.41) is 12.7. The first-order valence-corrected chi connectivity index (χ1v) is 10.7. The summed E-state index contributed by atoms with van der Waals surface area (Å²) < 4.78 is 1.58. The lowest BCUT2D eigenvalue weighted by molar-refractivity contribution is 0.330. The Hall–Kier alpha value is -4.19. The Kier molecular flexibility index (Phi) is 5.84. The Morgan fingerprint density at radius 1 is 1.18 bits per heavy atom. The van der Waals surface area contributed by atoms with E-state index in [1.807, 2.05) is 31.3 Å². The highest BCUT2D eigenvalue weighted by Crippen LogP contribution is 2.36. The maximum absolute atomic E-state index is 11.9. The van der Waals surface area contributed by atoms with Crippen LogP contribution in [0, 0.1) is 11.3 Å². The first-order chi connectivity index (χ1) is 15.8. The van der Waals surface area contributed by atoms with Gasteiger partial charge in [0.1, 0.15) is 35.4 Å². The van der Waals surface area contributed by atoms with Crippen molar-refractivity contribution < 1.29 is 0 Å². The molecule has 0 amide bonds. The van der Waals surface area contributed by atoms with Crippen LogP contribution in [-0.4, -0.2) is 37.4 Å². The second-order valence-corrected chi connectivity index (χ2v) is 8.32. The van der Waals surface area contributed by atoms with Gasteiger partial charge in [0.25, 0.3) is 0 Å². The number of nitrogens with zero attached hydrogens (tertiary/aromatic N) is 6. The molecule has 168 valence electrons. The molecule has 9 heteroatoms. The molecule has 33 heavy (non-hydrogen) atoms. The number of hydrogen-bond donors (Lipinski definition) is 2. The summed E-state index contributed by atoms with van der Waals surface area (Å²) in [6.45, 7) is 6.88. The van der Waals surface area contributed by atoms with Gasteiger partial charge in [-0.05, 0) is 44.0 Å². The third kappa shape index (κ3) is 4.15. The molecular formula is C24H26N8O. The number of benzene rings is 1. The van der Waals surface area contributed by atoms with Crippen LogP contribution >= 0.6 is 0 Å². The number of aryl methyl sites for hydroxylation is 1. The average Bonchev–Trinajstić information content (AvgIpc) is 2.79. The minimum absolute atomic E-state index is 0.0466. The van der Waals surface area contributed by atoms with Gasteiger partial charge in [0.2, 0.25) is 5.56 Å². The Labute approximate surface area is 192 Å². The number of nitrogens with one attached hydrogen (secondary N) is 1. The van der Waals surface area contributed by atoms with E-state index in [1.54, 1.807) is 17.7 Å². The number of nitriles is 1. The Balaban J connectivity index is 1.76. The zero-order chi connectivity index (χ0) is 23.7. The van der Waals surface area contributed by atoms with Crippen LogP contribution in [0.15, 0.2) is 52.6 Å². The Morgan fingerprint density at radius 3 is 2.67 bits per heavy atom. The van der Waals surface area contributed by atoms with Crippen LogP contribution in [0.1, 0.15) is 31.9 Å². The molecule has 0 fully saturated rings. The summed E-state index contributed by atoms with van der Waals surface area (Å²) in [5.41, 5.74) is 10.0. The first kappa shape index (κ1) is 22.0. The molecule has 1 aliphatic rings. The summed E-state index contributed by atoms with van der Waals surface area (Å²) in [7, 11) is 1.75. The maximum Gasteiger partial charge on any atom is 0.250 e. The number of fused-ring (bicyclic) bond motifs is 1. The van der Waals surface area contributed by atoms with Gasteiger partial charge in [-0.1, -0.05) is 12.1 Å². The monoisotopic (exact) mass is 442 g/mol. The van der Waals surface area contributed by atoms with Crippen molar-refractivity contribution in [3.05, 3.63) is 64.3 Å². The van der Waals surface area contributed by atoms with Crippen molar-refractivity contribution in [2.45, 2.75) is 39.4 Å². The minimum Gasteiger partial charge on any atom is -0.382 e. The van der Waals surface area contributed by atoms with Crippen molar-refractivity contribution in [2.24, 2.45) is 12.0 Å². The number of nitrogen functional groups attached to an aromatic ring is 1. The quantitative estimate of drug-likeness (QED) is 0.622. The second kappa shape index (κ2) is 8.74. The Bertz CT molecular complexity index is 1340. The van der Waals surface area contributed by atoms with Crippen molar-refractivity contribution in [1.29, 1.82) is 5.26 Å². The van der Waals surface area contributed by atoms with Crippen LogP contribution in [0.4, 0.5) is 17.3 Å². The van der Waals surface area contributed by atoms with E-state index >= 15 is 0 Å². The van der Waals surface area contributed by atoms with Crippen LogP contribution in [0.3, 0.4) is 0 Å². The largest absolute Gasteiger partial charge is 0.382 e. The van der Waals surface area contributed by atoms with Crippen molar-refractivity contribution in [2.75, 3.05) is 11.1 Å². The molecule has 3 N–H and O–H groups in total. The van der Waals surface area contributed by atoms with E-state index in [2.05, 4.69) is 46.2 Å². The minimum atomic E-state index is -0.233. The van der Waals surface area contributed by atoms with Gasteiger partial charge >= 0.3 is 0 Å². The summed E-state index contributed by atoms with van der Waals surface area (Å²) >= 11 is 0. The lowest BCUT2D eigenvalue weighted by Gasteiger charge is -2.37. The van der Waals surface area contributed by atoms with Gasteiger partial charge in [0.15, 0.2) is 0 Å². The van der Waals surface area contributed by atoms with Crippen LogP contribution in [0.5, 0.6) is 0 Å². The standard InChI is InChI=1S/C24H26N8O/c1-14(2)32-12-19-17(16-8-9-21(33)31(4)11-16)6-5-7-20(19)30-24(32)15(3)29-23-18(10-25)22(26)27-13-28-23/h5-9,11,13-15H,12H2,1-4H3,(H3,26,27,28,29). The van der Waals surface area contributed by atoms with Crippen LogP contribution in [0.2, 0.25) is 0 Å². The SMILES string of the molecule is CC(Nc1ncnc(N)c1C#N)C1=Nc2cccc(-c3ccc(=O)n(C)c3)c2CN1C(C)C. The van der Waals surface area contributed by atoms with E-state index in [1.165, 1.54) is 6.33 Å². The van der Waals surface area contributed by atoms with Crippen molar-refractivity contribution in [3.8, 4) is 17.2 Å². The topological polar surface area (TPSA) is 125 Å². The molecule has 1 atom stereocenters. The van der Waals surface area contributed by atoms with Gasteiger partial charge in [-0.2, -0.15) is 5.26 Å². The number of aliphatic imine (C=N–C) groups is 1. The fourth-order valence-corrected chi connectivity index (χ4v) is 3.99. The number of hydrogen-bond acceptors (Lipinski definition) is 8. The molecule has 0 spiro atoms. The highest BCUT2D eigenvalue weighted by Gasteiger charge is 2.28. The van der Waals surface area contributed by atoms with Crippen molar-refractivity contribution in [1.82, 2.24) is 19.4 Å². The first-order valence-electron chi connectivity index (χ1n) is 10.7. The predicted octanol–water partition coefficient (Wildman–Crippen LogP) is 3.05. The van der Waals surface area contributed by atoms with Crippen LogP contribution in [0.25, 0.3) is 11.1 Å². The van der Waals surface area contributed by atoms with Gasteiger partial charge in [0, 0.05) is 37.5 Å². The number of aromatic nitrogens is 3. The Morgan fingerprint density at radius 2 is 1.97 bits per heavy atom. The van der Waals surface area contributed by atoms with E-state index in [-0.39, 0.29) is 29.0 Å². The zero-order valence-corrected chi connectivity index (χ0v) is 19.1. The smallest absolute Gasteiger partial charge is 0.250 e. The number of anilines is 2. The molecule has 0 radical (unpaired) electrons. The lowest BCUT2D eigenvalue weighted by atomic mass is 9.96. The third-order valence-electron chi connectivity index (χ3n) is 5.76. The zero-order valence-electron chi connectivity index (χ0n) is 19.1. The van der Waals surface area contributed by atoms with Gasteiger partial charge in [-0.25, -0.2) is 15.0 Å². The molecule has 0 bridgehead atoms. The fourth-order valence-electron chi connectivity index (χ4n) is 3.99. The third-order valence-corrected chi connectivity index (χ3v) is 5.76. The number of pyridine rings is 1. The highest BCUT2D eigenvalue weighted by molar-refractivity contribution is 5.94. The predicted molar refractivity (Wildman–Crippen MR) is 129 cm³/mol. The van der Waals surface area contributed by atoms with Crippen molar-refractivity contribution >= 4 is 23.2 Å². The van der Waals surface area contributed by atoms with Crippen molar-refractivity contribution in [3.63, 3.8) is 0 Å². The van der Waals surface area contributed by atoms with Crippen LogP contribution in [-0.2, 0) is 13.6 Å². The highest BCUT2D eigenvalue weighted by atomic mass is 16.1. The molecule has 1 aliphatic heterocycles. The van der Waals surface area contributed by atoms with Crippen LogP contribution < -0.4 is 16.6 Å². The molecule has 0 aliphatic carbocycles.